The molecular formula is C14H22ClNO3S. The Morgan fingerprint density at radius 3 is 2.55 bits per heavy atom. The van der Waals surface area contributed by atoms with Gasteiger partial charge in [0.05, 0.1) is 5.02 Å². The van der Waals surface area contributed by atoms with E-state index in [1.165, 1.54) is 6.07 Å². The molecule has 1 aromatic carbocycles. The molecular weight excluding hydrogens is 298 g/mol. The highest BCUT2D eigenvalue weighted by atomic mass is 35.5. The van der Waals surface area contributed by atoms with E-state index in [4.69, 9.17) is 16.7 Å². The Kier molecular flexibility index (Phi) is 6.01. The van der Waals surface area contributed by atoms with Crippen molar-refractivity contribution in [2.24, 2.45) is 5.41 Å². The van der Waals surface area contributed by atoms with Crippen LogP contribution in [0, 0.1) is 12.3 Å². The molecule has 0 aromatic heterocycles. The average molecular weight is 320 g/mol. The third kappa shape index (κ3) is 5.05. The summed E-state index contributed by atoms with van der Waals surface area (Å²) in [6.45, 7) is 6.16. The lowest BCUT2D eigenvalue weighted by molar-refractivity contribution is 0.148. The van der Waals surface area contributed by atoms with Gasteiger partial charge in [-0.1, -0.05) is 31.5 Å². The van der Waals surface area contributed by atoms with Crippen LogP contribution in [0.15, 0.2) is 23.1 Å². The number of rotatable bonds is 7. The molecule has 114 valence electrons. The number of nitrogens with one attached hydrogen (secondary N) is 1. The second kappa shape index (κ2) is 6.89. The van der Waals surface area contributed by atoms with Gasteiger partial charge in [-0.2, -0.15) is 0 Å². The van der Waals surface area contributed by atoms with Crippen LogP contribution in [0.25, 0.3) is 0 Å². The smallest absolute Gasteiger partial charge is 0.242 e. The number of benzene rings is 1. The van der Waals surface area contributed by atoms with Gasteiger partial charge >= 0.3 is 0 Å². The lowest BCUT2D eigenvalue weighted by Crippen LogP contribution is -2.27. The van der Waals surface area contributed by atoms with Gasteiger partial charge < -0.3 is 5.11 Å². The first-order valence-corrected chi connectivity index (χ1v) is 8.41. The third-order valence-electron chi connectivity index (χ3n) is 3.13. The lowest BCUT2D eigenvalue weighted by atomic mass is 9.89. The van der Waals surface area contributed by atoms with E-state index in [9.17, 15) is 8.42 Å². The quantitative estimate of drug-likeness (QED) is 0.759. The van der Waals surface area contributed by atoms with E-state index in [1.807, 2.05) is 20.8 Å². The summed E-state index contributed by atoms with van der Waals surface area (Å²) in [7, 11) is -3.58. The van der Waals surface area contributed by atoms with Crippen molar-refractivity contribution in [1.29, 1.82) is 0 Å². The predicted molar refractivity (Wildman–Crippen MR) is 81.5 cm³/mol. The molecule has 0 atom stereocenters. The minimum atomic E-state index is -3.58. The van der Waals surface area contributed by atoms with Crippen molar-refractivity contribution >= 4 is 21.6 Å². The Morgan fingerprint density at radius 1 is 1.35 bits per heavy atom. The van der Waals surface area contributed by atoms with Crippen molar-refractivity contribution < 1.29 is 13.5 Å². The van der Waals surface area contributed by atoms with Gasteiger partial charge in [-0.05, 0) is 42.9 Å². The summed E-state index contributed by atoms with van der Waals surface area (Å²) in [5.41, 5.74) is 0.728. The van der Waals surface area contributed by atoms with E-state index in [1.54, 1.807) is 12.1 Å². The molecule has 1 rings (SSSR count). The van der Waals surface area contributed by atoms with Crippen LogP contribution in [-0.4, -0.2) is 26.7 Å². The number of aliphatic hydroxyl groups excluding tert-OH is 1. The van der Waals surface area contributed by atoms with Crippen LogP contribution in [0.5, 0.6) is 0 Å². The van der Waals surface area contributed by atoms with E-state index in [0.717, 1.165) is 12.0 Å². The first-order chi connectivity index (χ1) is 9.18. The number of sulfonamides is 1. The molecule has 6 heteroatoms. The van der Waals surface area contributed by atoms with Gasteiger partial charge in [0.1, 0.15) is 4.90 Å². The van der Waals surface area contributed by atoms with Crippen molar-refractivity contribution in [3.05, 3.63) is 28.8 Å². The fourth-order valence-corrected chi connectivity index (χ4v) is 3.43. The maximum absolute atomic E-state index is 12.1. The van der Waals surface area contributed by atoms with Gasteiger partial charge in [-0.3, -0.25) is 0 Å². The summed E-state index contributed by atoms with van der Waals surface area (Å²) in [6, 6.07) is 4.86. The van der Waals surface area contributed by atoms with E-state index in [-0.39, 0.29) is 21.9 Å². The van der Waals surface area contributed by atoms with Gasteiger partial charge in [0.15, 0.2) is 0 Å². The molecule has 0 bridgehead atoms. The number of aryl methyl sites for hydroxylation is 1. The molecule has 20 heavy (non-hydrogen) atoms. The largest absolute Gasteiger partial charge is 0.396 e. The standard InChI is InChI=1S/C14H22ClNO3S/c1-11-5-6-13(12(15)9-11)20(18,19)16-8-4-7-14(2,3)10-17/h5-6,9,16-17H,4,7-8,10H2,1-3H3. The van der Waals surface area contributed by atoms with Crippen molar-refractivity contribution in [2.75, 3.05) is 13.2 Å². The summed E-state index contributed by atoms with van der Waals surface area (Å²) in [4.78, 5) is 0.103. The lowest BCUT2D eigenvalue weighted by Gasteiger charge is -2.21. The first kappa shape index (κ1) is 17.4. The fraction of sp³-hybridized carbons (Fsp3) is 0.571. The molecule has 0 unspecified atom stereocenters. The van der Waals surface area contributed by atoms with E-state index < -0.39 is 10.0 Å². The van der Waals surface area contributed by atoms with Crippen molar-refractivity contribution in [3.63, 3.8) is 0 Å². The number of halogens is 1. The topological polar surface area (TPSA) is 66.4 Å². The highest BCUT2D eigenvalue weighted by Crippen LogP contribution is 2.23. The summed E-state index contributed by atoms with van der Waals surface area (Å²) >= 11 is 5.97. The normalized spacial score (nSPS) is 12.7. The average Bonchev–Trinajstić information content (AvgIpc) is 2.34. The second-order valence-corrected chi connectivity index (χ2v) is 7.90. The van der Waals surface area contributed by atoms with Crippen LogP contribution in [0.4, 0.5) is 0 Å². The summed E-state index contributed by atoms with van der Waals surface area (Å²) < 4.78 is 26.8. The molecule has 2 N–H and O–H groups in total. The van der Waals surface area contributed by atoms with Gasteiger partial charge in [0.2, 0.25) is 10.0 Å². The maximum atomic E-state index is 12.1. The zero-order chi connectivity index (χ0) is 15.4. The van der Waals surface area contributed by atoms with Crippen LogP contribution in [0.3, 0.4) is 0 Å². The molecule has 0 aliphatic rings. The number of aliphatic hydroxyl groups is 1. The summed E-state index contributed by atoms with van der Waals surface area (Å²) in [6.07, 6.45) is 1.41. The fourth-order valence-electron chi connectivity index (χ4n) is 1.75. The van der Waals surface area contributed by atoms with Gasteiger partial charge in [-0.15, -0.1) is 0 Å². The van der Waals surface area contributed by atoms with Gasteiger partial charge in [0.25, 0.3) is 0 Å². The molecule has 0 spiro atoms. The molecule has 0 aliphatic carbocycles. The van der Waals surface area contributed by atoms with Crippen LogP contribution in [-0.2, 0) is 10.0 Å². The highest BCUT2D eigenvalue weighted by Gasteiger charge is 2.19. The molecule has 0 amide bonds. The molecule has 0 saturated carbocycles. The summed E-state index contributed by atoms with van der Waals surface area (Å²) in [5.74, 6) is 0. The highest BCUT2D eigenvalue weighted by molar-refractivity contribution is 7.89. The molecule has 1 aromatic rings. The Labute approximate surface area is 126 Å². The van der Waals surface area contributed by atoms with Crippen LogP contribution in [0.2, 0.25) is 5.02 Å². The number of hydrogen-bond donors (Lipinski definition) is 2. The monoisotopic (exact) mass is 319 g/mol. The Balaban J connectivity index is 2.63. The van der Waals surface area contributed by atoms with E-state index in [2.05, 4.69) is 4.72 Å². The molecule has 0 heterocycles. The molecule has 4 nitrogen and oxygen atoms in total. The first-order valence-electron chi connectivity index (χ1n) is 6.55. The van der Waals surface area contributed by atoms with Crippen LogP contribution < -0.4 is 4.72 Å². The van der Waals surface area contributed by atoms with Gasteiger partial charge in [0, 0.05) is 13.2 Å². The van der Waals surface area contributed by atoms with Crippen LogP contribution in [0.1, 0.15) is 32.3 Å². The van der Waals surface area contributed by atoms with E-state index >= 15 is 0 Å². The van der Waals surface area contributed by atoms with Crippen molar-refractivity contribution in [1.82, 2.24) is 4.72 Å². The van der Waals surface area contributed by atoms with Gasteiger partial charge in [-0.25, -0.2) is 13.1 Å². The van der Waals surface area contributed by atoms with Crippen LogP contribution >= 0.6 is 11.6 Å². The second-order valence-electron chi connectivity index (χ2n) is 5.76. The number of hydrogen-bond acceptors (Lipinski definition) is 3. The van der Waals surface area contributed by atoms with Crippen molar-refractivity contribution in [2.45, 2.75) is 38.5 Å². The van der Waals surface area contributed by atoms with E-state index in [0.29, 0.717) is 13.0 Å². The molecule has 0 radical (unpaired) electrons. The minimum Gasteiger partial charge on any atom is -0.396 e. The predicted octanol–water partition coefficient (Wildman–Crippen LogP) is 2.73. The Morgan fingerprint density at radius 2 is 2.00 bits per heavy atom. The molecule has 0 aliphatic heterocycles. The molecule has 0 saturated heterocycles. The molecule has 0 fully saturated rings. The SMILES string of the molecule is Cc1ccc(S(=O)(=O)NCCCC(C)(C)CO)c(Cl)c1. The van der Waals surface area contributed by atoms with Crippen molar-refractivity contribution in [3.8, 4) is 0 Å². The zero-order valence-corrected chi connectivity index (χ0v) is 13.7. The minimum absolute atomic E-state index is 0.0868. The Hall–Kier alpha value is -0.620. The zero-order valence-electron chi connectivity index (χ0n) is 12.1. The maximum Gasteiger partial charge on any atom is 0.242 e. The summed E-state index contributed by atoms with van der Waals surface area (Å²) in [5, 5.41) is 9.37. The third-order valence-corrected chi connectivity index (χ3v) is 5.07. The Bertz CT molecular complexity index is 556.